The summed E-state index contributed by atoms with van der Waals surface area (Å²) in [6.45, 7) is 2.19. The van der Waals surface area contributed by atoms with Crippen molar-refractivity contribution in [1.29, 1.82) is 0 Å². The van der Waals surface area contributed by atoms with E-state index in [1.54, 1.807) is 29.0 Å². The van der Waals surface area contributed by atoms with E-state index in [4.69, 9.17) is 11.6 Å². The molecule has 6 rings (SSSR count). The highest BCUT2D eigenvalue weighted by Crippen LogP contribution is 2.30. The summed E-state index contributed by atoms with van der Waals surface area (Å²) in [5.41, 5.74) is 3.58. The number of benzene rings is 2. The molecule has 0 bridgehead atoms. The van der Waals surface area contributed by atoms with Crippen LogP contribution in [-0.2, 0) is 13.1 Å². The smallest absolute Gasteiger partial charge is 0.264 e. The molecule has 194 valence electrons. The van der Waals surface area contributed by atoms with Crippen molar-refractivity contribution in [1.82, 2.24) is 29.2 Å². The van der Waals surface area contributed by atoms with Gasteiger partial charge in [-0.05, 0) is 54.3 Å². The van der Waals surface area contributed by atoms with Gasteiger partial charge >= 0.3 is 0 Å². The predicted octanol–water partition coefficient (Wildman–Crippen LogP) is 4.53. The molecule has 3 aromatic heterocycles. The number of hydrogen-bond acceptors (Lipinski definition) is 7. The van der Waals surface area contributed by atoms with Gasteiger partial charge in [-0.25, -0.2) is 14.1 Å². The molecule has 0 radical (unpaired) electrons. The van der Waals surface area contributed by atoms with E-state index in [-0.39, 0.29) is 17.9 Å². The van der Waals surface area contributed by atoms with Crippen molar-refractivity contribution in [3.8, 4) is 16.1 Å². The van der Waals surface area contributed by atoms with Crippen molar-refractivity contribution in [2.75, 3.05) is 13.1 Å². The summed E-state index contributed by atoms with van der Waals surface area (Å²) < 4.78 is 16.2. The number of hydrogen-bond donors (Lipinski definition) is 1. The highest BCUT2D eigenvalue weighted by atomic mass is 35.5. The van der Waals surface area contributed by atoms with Gasteiger partial charge in [0.15, 0.2) is 5.65 Å². The van der Waals surface area contributed by atoms with Gasteiger partial charge in [0.25, 0.3) is 5.56 Å². The van der Waals surface area contributed by atoms with Gasteiger partial charge < -0.3 is 5.11 Å². The van der Waals surface area contributed by atoms with Gasteiger partial charge in [-0.3, -0.25) is 19.2 Å². The number of halogens is 2. The second-order valence-electron chi connectivity index (χ2n) is 9.62. The summed E-state index contributed by atoms with van der Waals surface area (Å²) in [6, 6.07) is 11.9. The Morgan fingerprint density at radius 1 is 1.11 bits per heavy atom. The number of thiazole rings is 1. The van der Waals surface area contributed by atoms with E-state index < -0.39 is 5.60 Å². The summed E-state index contributed by atoms with van der Waals surface area (Å²) in [5, 5.41) is 16.6. The Morgan fingerprint density at radius 2 is 1.89 bits per heavy atom. The lowest BCUT2D eigenvalue weighted by molar-refractivity contribution is -0.0364. The van der Waals surface area contributed by atoms with Crippen LogP contribution < -0.4 is 5.56 Å². The van der Waals surface area contributed by atoms with Crippen LogP contribution in [0.5, 0.6) is 0 Å². The monoisotopic (exact) mass is 550 g/mol. The van der Waals surface area contributed by atoms with Gasteiger partial charge in [-0.1, -0.05) is 23.7 Å². The van der Waals surface area contributed by atoms with Crippen LogP contribution >= 0.6 is 22.9 Å². The topological polar surface area (TPSA) is 89.1 Å². The molecule has 0 unspecified atom stereocenters. The van der Waals surface area contributed by atoms with E-state index in [1.165, 1.54) is 33.9 Å². The molecular formula is C27H24ClFN6O2S. The van der Waals surface area contributed by atoms with E-state index in [9.17, 15) is 14.3 Å². The van der Waals surface area contributed by atoms with Crippen LogP contribution in [0.15, 0.2) is 71.5 Å². The quantitative estimate of drug-likeness (QED) is 0.334. The zero-order valence-electron chi connectivity index (χ0n) is 20.3. The van der Waals surface area contributed by atoms with Crippen molar-refractivity contribution < 1.29 is 9.50 Å². The van der Waals surface area contributed by atoms with Crippen molar-refractivity contribution in [2.24, 2.45) is 0 Å². The number of aliphatic hydroxyl groups is 1. The average molecular weight is 551 g/mol. The number of likely N-dealkylation sites (tertiary alicyclic amines) is 1. The fourth-order valence-corrected chi connectivity index (χ4v) is 5.72. The molecule has 5 aromatic rings. The van der Waals surface area contributed by atoms with Crippen LogP contribution in [0.1, 0.15) is 18.4 Å². The highest BCUT2D eigenvalue weighted by molar-refractivity contribution is 7.13. The van der Waals surface area contributed by atoms with E-state index in [0.717, 1.165) is 16.0 Å². The van der Waals surface area contributed by atoms with Gasteiger partial charge in [0.2, 0.25) is 0 Å². The number of fused-ring (bicyclic) bond motifs is 1. The third kappa shape index (κ3) is 4.88. The molecule has 1 N–H and O–H groups in total. The highest BCUT2D eigenvalue weighted by Gasteiger charge is 2.33. The van der Waals surface area contributed by atoms with Crippen LogP contribution in [0.4, 0.5) is 4.39 Å². The lowest BCUT2D eigenvalue weighted by Crippen LogP contribution is -2.47. The molecule has 1 saturated heterocycles. The molecule has 4 heterocycles. The van der Waals surface area contributed by atoms with Crippen LogP contribution in [0.25, 0.3) is 27.2 Å². The summed E-state index contributed by atoms with van der Waals surface area (Å²) in [7, 11) is 0. The first-order valence-corrected chi connectivity index (χ1v) is 13.5. The maximum atomic E-state index is 13.3. The maximum absolute atomic E-state index is 13.3. The molecule has 1 fully saturated rings. The second kappa shape index (κ2) is 10.0. The average Bonchev–Trinajstić information content (AvgIpc) is 3.60. The largest absolute Gasteiger partial charge is 0.388 e. The molecule has 8 nitrogen and oxygen atoms in total. The SMILES string of the molecule is O=c1c2cnn(-c3ccc(F)cc3)c2ncn1CC1(O)CCN(Cc2ccc(-c3cncs3)cc2Cl)CC1. The maximum Gasteiger partial charge on any atom is 0.264 e. The van der Waals surface area contributed by atoms with Crippen molar-refractivity contribution in [3.05, 3.63) is 93.5 Å². The Labute approximate surface area is 226 Å². The normalized spacial score (nSPS) is 15.8. The first kappa shape index (κ1) is 24.9. The Morgan fingerprint density at radius 3 is 2.61 bits per heavy atom. The van der Waals surface area contributed by atoms with Crippen molar-refractivity contribution >= 4 is 34.0 Å². The van der Waals surface area contributed by atoms with E-state index in [1.807, 2.05) is 18.3 Å². The summed E-state index contributed by atoms with van der Waals surface area (Å²) in [5.74, 6) is -0.354. The molecular weight excluding hydrogens is 527 g/mol. The molecule has 0 atom stereocenters. The minimum atomic E-state index is -1.03. The lowest BCUT2D eigenvalue weighted by atomic mass is 9.91. The molecule has 38 heavy (non-hydrogen) atoms. The van der Waals surface area contributed by atoms with Crippen LogP contribution in [-0.4, -0.2) is 53.0 Å². The Bertz CT molecular complexity index is 1640. The van der Waals surface area contributed by atoms with Crippen molar-refractivity contribution in [3.63, 3.8) is 0 Å². The first-order chi connectivity index (χ1) is 18.4. The van der Waals surface area contributed by atoms with Gasteiger partial charge in [0.1, 0.15) is 17.5 Å². The second-order valence-corrected chi connectivity index (χ2v) is 10.9. The van der Waals surface area contributed by atoms with Gasteiger partial charge in [0.05, 0.1) is 34.4 Å². The third-order valence-corrected chi connectivity index (χ3v) is 8.22. The fourth-order valence-electron chi connectivity index (χ4n) is 4.86. The Balaban J connectivity index is 1.13. The number of aromatic nitrogens is 5. The number of rotatable bonds is 6. The summed E-state index contributed by atoms with van der Waals surface area (Å²) in [4.78, 5) is 25.1. The standard InChI is InChI=1S/C27H24ClFN6O2S/c28-23-11-18(24-13-30-17-38-24)1-2-19(23)14-33-9-7-27(37,8-10-33)15-34-16-31-25-22(26(34)36)12-32-35(25)21-5-3-20(29)4-6-21/h1-6,11-13,16-17,37H,7-10,14-15H2. The van der Waals surface area contributed by atoms with Gasteiger partial charge in [-0.2, -0.15) is 5.10 Å². The van der Waals surface area contributed by atoms with Gasteiger partial charge in [-0.15, -0.1) is 11.3 Å². The molecule has 0 saturated carbocycles. The molecule has 1 aliphatic heterocycles. The fraction of sp³-hybridized carbons (Fsp3) is 0.259. The first-order valence-electron chi connectivity index (χ1n) is 12.2. The van der Waals surface area contributed by atoms with E-state index in [0.29, 0.717) is 54.2 Å². The van der Waals surface area contributed by atoms with E-state index >= 15 is 0 Å². The Kier molecular flexibility index (Phi) is 6.56. The zero-order chi connectivity index (χ0) is 26.3. The van der Waals surface area contributed by atoms with Crippen LogP contribution in [0.3, 0.4) is 0 Å². The summed E-state index contributed by atoms with van der Waals surface area (Å²) >= 11 is 8.16. The van der Waals surface area contributed by atoms with E-state index in [2.05, 4.69) is 26.0 Å². The minimum Gasteiger partial charge on any atom is -0.388 e. The predicted molar refractivity (Wildman–Crippen MR) is 145 cm³/mol. The number of piperidine rings is 1. The molecule has 1 aliphatic rings. The number of nitrogens with zero attached hydrogens (tertiary/aromatic N) is 6. The zero-order valence-corrected chi connectivity index (χ0v) is 21.9. The molecule has 0 spiro atoms. The molecule has 2 aromatic carbocycles. The molecule has 0 amide bonds. The molecule has 11 heteroatoms. The van der Waals surface area contributed by atoms with Crippen LogP contribution in [0.2, 0.25) is 5.02 Å². The van der Waals surface area contributed by atoms with Crippen LogP contribution in [0, 0.1) is 5.82 Å². The minimum absolute atomic E-state index is 0.147. The third-order valence-electron chi connectivity index (χ3n) is 7.04. The lowest BCUT2D eigenvalue weighted by Gasteiger charge is -2.38. The van der Waals surface area contributed by atoms with Gasteiger partial charge in [0, 0.05) is 30.9 Å². The summed E-state index contributed by atoms with van der Waals surface area (Å²) in [6.07, 6.45) is 5.77. The Hall–Kier alpha value is -3.44. The van der Waals surface area contributed by atoms with Crippen molar-refractivity contribution in [2.45, 2.75) is 31.5 Å². The molecule has 0 aliphatic carbocycles.